The maximum absolute atomic E-state index is 9.52. The zero-order chi connectivity index (χ0) is 6.41. The SMILES string of the molecule is O=COC(S)=C=CS. The second-order valence-electron chi connectivity index (χ2n) is 0.793. The monoisotopic (exact) mass is 148 g/mol. The van der Waals surface area contributed by atoms with Gasteiger partial charge in [0.1, 0.15) is 0 Å². The van der Waals surface area contributed by atoms with Crippen molar-refractivity contribution in [2.45, 2.75) is 0 Å². The largest absolute Gasteiger partial charge is 0.414 e. The van der Waals surface area contributed by atoms with Crippen molar-refractivity contribution < 1.29 is 9.53 Å². The van der Waals surface area contributed by atoms with Gasteiger partial charge in [-0.2, -0.15) is 0 Å². The van der Waals surface area contributed by atoms with Gasteiger partial charge in [0.15, 0.2) is 0 Å². The van der Waals surface area contributed by atoms with Gasteiger partial charge in [0.2, 0.25) is 5.09 Å². The van der Waals surface area contributed by atoms with Gasteiger partial charge in [-0.15, -0.1) is 12.6 Å². The Kier molecular flexibility index (Phi) is 4.65. The molecule has 0 saturated heterocycles. The number of carbonyl (C=O) groups excluding carboxylic acids is 1. The van der Waals surface area contributed by atoms with Crippen LogP contribution in [0.15, 0.2) is 16.2 Å². The van der Waals surface area contributed by atoms with Crippen molar-refractivity contribution in [1.82, 2.24) is 0 Å². The molecule has 0 amide bonds. The summed E-state index contributed by atoms with van der Waals surface area (Å²) in [5.41, 5.74) is 2.41. The highest BCUT2D eigenvalue weighted by Crippen LogP contribution is 1.96. The Hall–Kier alpha value is -0.310. The first-order chi connectivity index (χ1) is 3.81. The summed E-state index contributed by atoms with van der Waals surface area (Å²) in [5, 5.41) is 1.40. The molecule has 0 fully saturated rings. The fourth-order valence-electron chi connectivity index (χ4n) is 0.135. The molecule has 0 aliphatic heterocycles. The van der Waals surface area contributed by atoms with Crippen LogP contribution in [0.3, 0.4) is 0 Å². The van der Waals surface area contributed by atoms with Gasteiger partial charge >= 0.3 is 0 Å². The predicted molar refractivity (Wildman–Crippen MR) is 36.7 cm³/mol. The van der Waals surface area contributed by atoms with Crippen molar-refractivity contribution >= 4 is 31.7 Å². The van der Waals surface area contributed by atoms with Gasteiger partial charge < -0.3 is 4.74 Å². The van der Waals surface area contributed by atoms with Crippen molar-refractivity contribution in [3.8, 4) is 0 Å². The van der Waals surface area contributed by atoms with Gasteiger partial charge in [-0.1, -0.05) is 18.4 Å². The standard InChI is InChI=1S/C4H4O2S2/c5-3-6-4(8)1-2-7/h2-3,7-8H. The molecule has 0 spiro atoms. The van der Waals surface area contributed by atoms with E-state index in [1.54, 1.807) is 0 Å². The molecule has 2 nitrogen and oxygen atoms in total. The van der Waals surface area contributed by atoms with Crippen LogP contribution in [0.5, 0.6) is 0 Å². The lowest BCUT2D eigenvalue weighted by atomic mass is 10.9. The van der Waals surface area contributed by atoms with Gasteiger partial charge in [-0.05, 0) is 0 Å². The lowest BCUT2D eigenvalue weighted by molar-refractivity contribution is -0.124. The first-order valence-electron chi connectivity index (χ1n) is 1.70. The molecule has 0 heterocycles. The van der Waals surface area contributed by atoms with Gasteiger partial charge in [0.25, 0.3) is 6.47 Å². The van der Waals surface area contributed by atoms with Gasteiger partial charge in [0, 0.05) is 5.41 Å². The minimum atomic E-state index is 0.106. The molecular formula is C4H4O2S2. The predicted octanol–water partition coefficient (Wildman–Crippen LogP) is 0.973. The highest BCUT2D eigenvalue weighted by atomic mass is 32.1. The Bertz CT molecular complexity index is 135. The van der Waals surface area contributed by atoms with E-state index in [1.165, 1.54) is 5.41 Å². The summed E-state index contributed by atoms with van der Waals surface area (Å²) >= 11 is 7.31. The van der Waals surface area contributed by atoms with Crippen LogP contribution in [-0.2, 0) is 9.53 Å². The lowest BCUT2D eigenvalue weighted by Crippen LogP contribution is -1.76. The Morgan fingerprint density at radius 3 is 2.75 bits per heavy atom. The van der Waals surface area contributed by atoms with Crippen LogP contribution in [0.25, 0.3) is 0 Å². The molecule has 0 aliphatic rings. The molecule has 0 saturated carbocycles. The number of rotatable bonds is 2. The molecule has 0 rings (SSSR count). The average molecular weight is 148 g/mol. The van der Waals surface area contributed by atoms with Crippen LogP contribution < -0.4 is 0 Å². The quantitative estimate of drug-likeness (QED) is 0.264. The summed E-state index contributed by atoms with van der Waals surface area (Å²) in [5.74, 6) is 0. The van der Waals surface area contributed by atoms with E-state index in [1.807, 2.05) is 0 Å². The van der Waals surface area contributed by atoms with E-state index in [0.717, 1.165) is 0 Å². The van der Waals surface area contributed by atoms with E-state index in [9.17, 15) is 4.79 Å². The third kappa shape index (κ3) is 3.87. The number of ether oxygens (including phenoxy) is 1. The van der Waals surface area contributed by atoms with Gasteiger partial charge in [0.05, 0.1) is 0 Å². The molecule has 0 aromatic rings. The third-order valence-corrected chi connectivity index (χ3v) is 0.711. The summed E-state index contributed by atoms with van der Waals surface area (Å²) in [6.07, 6.45) is 0. The summed E-state index contributed by atoms with van der Waals surface area (Å²) in [7, 11) is 0. The topological polar surface area (TPSA) is 26.3 Å². The number of carbonyl (C=O) groups is 1. The summed E-state index contributed by atoms with van der Waals surface area (Å²) < 4.78 is 4.19. The molecule has 0 N–H and O–H groups in total. The Morgan fingerprint density at radius 2 is 2.38 bits per heavy atom. The first-order valence-corrected chi connectivity index (χ1v) is 2.66. The molecule has 0 bridgehead atoms. The van der Waals surface area contributed by atoms with Crippen molar-refractivity contribution in [2.75, 3.05) is 0 Å². The molecule has 0 aromatic carbocycles. The molecule has 44 valence electrons. The van der Waals surface area contributed by atoms with Crippen LogP contribution in [0.1, 0.15) is 0 Å². The molecule has 0 radical (unpaired) electrons. The van der Waals surface area contributed by atoms with Crippen molar-refractivity contribution in [1.29, 1.82) is 0 Å². The molecule has 4 heteroatoms. The van der Waals surface area contributed by atoms with E-state index in [4.69, 9.17) is 0 Å². The van der Waals surface area contributed by atoms with Crippen molar-refractivity contribution in [2.24, 2.45) is 0 Å². The van der Waals surface area contributed by atoms with Gasteiger partial charge in [-0.3, -0.25) is 4.79 Å². The van der Waals surface area contributed by atoms with Crippen LogP contribution in [0, 0.1) is 0 Å². The van der Waals surface area contributed by atoms with Crippen molar-refractivity contribution in [3.05, 3.63) is 16.2 Å². The lowest BCUT2D eigenvalue weighted by Gasteiger charge is -1.85. The summed E-state index contributed by atoms with van der Waals surface area (Å²) in [6.45, 7) is 0.270. The average Bonchev–Trinajstić information content (AvgIpc) is 1.68. The number of thiol groups is 2. The fourth-order valence-corrected chi connectivity index (χ4v) is 0.461. The second-order valence-corrected chi connectivity index (χ2v) is 1.46. The fraction of sp³-hybridized carbons (Fsp3) is 0. The minimum Gasteiger partial charge on any atom is -0.414 e. The Morgan fingerprint density at radius 1 is 1.75 bits per heavy atom. The van der Waals surface area contributed by atoms with E-state index in [0.29, 0.717) is 0 Å². The van der Waals surface area contributed by atoms with E-state index in [2.05, 4.69) is 35.7 Å². The zero-order valence-corrected chi connectivity index (χ0v) is 5.65. The van der Waals surface area contributed by atoms with Crippen molar-refractivity contribution in [3.63, 3.8) is 0 Å². The highest BCUT2D eigenvalue weighted by Gasteiger charge is 1.79. The Labute approximate surface area is 58.0 Å². The van der Waals surface area contributed by atoms with E-state index in [-0.39, 0.29) is 11.6 Å². The maximum Gasteiger partial charge on any atom is 0.299 e. The third-order valence-electron chi connectivity index (χ3n) is 0.348. The van der Waals surface area contributed by atoms with Crippen LogP contribution >= 0.6 is 25.3 Å². The molecular weight excluding hydrogens is 144 g/mol. The smallest absolute Gasteiger partial charge is 0.299 e. The summed E-state index contributed by atoms with van der Waals surface area (Å²) in [4.78, 5) is 9.52. The molecule has 0 aliphatic carbocycles. The number of hydrogen-bond acceptors (Lipinski definition) is 4. The highest BCUT2D eigenvalue weighted by molar-refractivity contribution is 7.84. The Balaban J connectivity index is 3.80. The second kappa shape index (κ2) is 4.84. The van der Waals surface area contributed by atoms with Crippen LogP contribution in [-0.4, -0.2) is 6.47 Å². The van der Waals surface area contributed by atoms with Crippen LogP contribution in [0.4, 0.5) is 0 Å². The zero-order valence-electron chi connectivity index (χ0n) is 3.87. The number of hydrogen-bond donors (Lipinski definition) is 2. The molecule has 0 aromatic heterocycles. The van der Waals surface area contributed by atoms with E-state index >= 15 is 0 Å². The van der Waals surface area contributed by atoms with E-state index < -0.39 is 0 Å². The van der Waals surface area contributed by atoms with Gasteiger partial charge in [-0.25, -0.2) is 0 Å². The molecule has 8 heavy (non-hydrogen) atoms. The summed E-state index contributed by atoms with van der Waals surface area (Å²) in [6, 6.07) is 0. The first kappa shape index (κ1) is 7.69. The normalized spacial score (nSPS) is 6.75. The maximum atomic E-state index is 9.52. The minimum absolute atomic E-state index is 0.106. The van der Waals surface area contributed by atoms with Crippen LogP contribution in [0.2, 0.25) is 0 Å². The molecule has 0 atom stereocenters. The molecule has 0 unspecified atom stereocenters.